The largest absolute Gasteiger partial charge is 0.391 e. The lowest BCUT2D eigenvalue weighted by molar-refractivity contribution is -0.0775. The van der Waals surface area contributed by atoms with Gasteiger partial charge in [-0.25, -0.2) is 9.18 Å². The molecule has 0 aliphatic carbocycles. The van der Waals surface area contributed by atoms with Gasteiger partial charge in [0.15, 0.2) is 11.1 Å². The maximum atomic E-state index is 13.5. The van der Waals surface area contributed by atoms with Crippen LogP contribution in [-0.4, -0.2) is 49.6 Å². The van der Waals surface area contributed by atoms with Gasteiger partial charge in [0.25, 0.3) is 5.56 Å². The van der Waals surface area contributed by atoms with E-state index in [9.17, 15) is 28.6 Å². The summed E-state index contributed by atoms with van der Waals surface area (Å²) in [7, 11) is 0. The van der Waals surface area contributed by atoms with Gasteiger partial charge < -0.3 is 14.9 Å². The summed E-state index contributed by atoms with van der Waals surface area (Å²) in [5.41, 5.74) is -2.31. The second-order valence-electron chi connectivity index (χ2n) is 4.99. The molecular weight excluding hydrogens is 338 g/mol. The molecule has 1 unspecified atom stereocenters. The second kappa shape index (κ2) is 6.41. The zero-order chi connectivity index (χ0) is 17.4. The standard InChI is InChI=1S/C13H13ClF2N2O5/c1-6(19)8-9(20)13(14,3-2-4-15)11(23-8)18-5-7(16)10(21)17-12(18)22/h5-6,8-9,11,19-20H,4H2,1H3,(H,17,21,22)/t6-,8+,9?,11+,13+/m0/s1. The lowest BCUT2D eigenvalue weighted by Crippen LogP contribution is -2.45. The number of H-pyrrole nitrogens is 1. The smallest absolute Gasteiger partial charge is 0.330 e. The van der Waals surface area contributed by atoms with E-state index in [1.54, 1.807) is 4.98 Å². The summed E-state index contributed by atoms with van der Waals surface area (Å²) in [4.78, 5) is 22.6. The Morgan fingerprint density at radius 1 is 1.61 bits per heavy atom. The molecule has 0 bridgehead atoms. The van der Waals surface area contributed by atoms with Crippen molar-refractivity contribution in [2.45, 2.75) is 36.3 Å². The van der Waals surface area contributed by atoms with Gasteiger partial charge >= 0.3 is 5.69 Å². The van der Waals surface area contributed by atoms with E-state index in [-0.39, 0.29) is 0 Å². The van der Waals surface area contributed by atoms with Crippen molar-refractivity contribution in [2.75, 3.05) is 6.67 Å². The predicted molar refractivity (Wildman–Crippen MR) is 75.2 cm³/mol. The van der Waals surface area contributed by atoms with Crippen LogP contribution in [-0.2, 0) is 4.74 Å². The minimum atomic E-state index is -2.03. The highest BCUT2D eigenvalue weighted by molar-refractivity contribution is 6.27. The fourth-order valence-electron chi connectivity index (χ4n) is 2.29. The van der Waals surface area contributed by atoms with Gasteiger partial charge in [-0.05, 0) is 6.92 Å². The number of aromatic amines is 1. The minimum absolute atomic E-state index is 0.539. The predicted octanol–water partition coefficient (Wildman–Crippen LogP) is -0.735. The molecule has 7 nitrogen and oxygen atoms in total. The van der Waals surface area contributed by atoms with Crippen LogP contribution in [0.5, 0.6) is 0 Å². The molecule has 0 radical (unpaired) electrons. The van der Waals surface area contributed by atoms with Crippen molar-refractivity contribution in [1.82, 2.24) is 9.55 Å². The third kappa shape index (κ3) is 3.03. The molecule has 1 aliphatic rings. The number of aliphatic hydroxyl groups excluding tert-OH is 2. The third-order valence-corrected chi connectivity index (χ3v) is 3.89. The molecule has 126 valence electrons. The number of ether oxygens (including phenoxy) is 1. The zero-order valence-electron chi connectivity index (χ0n) is 11.8. The van der Waals surface area contributed by atoms with Crippen LogP contribution in [0.2, 0.25) is 0 Å². The molecule has 1 aromatic rings. The molecule has 0 amide bonds. The minimum Gasteiger partial charge on any atom is -0.391 e. The molecule has 1 fully saturated rings. The van der Waals surface area contributed by atoms with Gasteiger partial charge in [-0.15, -0.1) is 0 Å². The highest BCUT2D eigenvalue weighted by Gasteiger charge is 2.57. The van der Waals surface area contributed by atoms with Gasteiger partial charge in [0.05, 0.1) is 12.3 Å². The van der Waals surface area contributed by atoms with Gasteiger partial charge in [-0.3, -0.25) is 14.3 Å². The summed E-state index contributed by atoms with van der Waals surface area (Å²) < 4.78 is 31.7. The van der Waals surface area contributed by atoms with Crippen molar-refractivity contribution < 1.29 is 23.7 Å². The Balaban J connectivity index is 2.61. The van der Waals surface area contributed by atoms with E-state index in [2.05, 4.69) is 5.92 Å². The SMILES string of the molecule is C[C@H](O)[C@H]1O[C@@H](n2cc(F)c(=O)[nH]c2=O)[C@@](Cl)(C#CCF)C1O. The van der Waals surface area contributed by atoms with E-state index in [0.29, 0.717) is 10.8 Å². The average Bonchev–Trinajstić information content (AvgIpc) is 2.74. The Kier molecular flexibility index (Phi) is 4.91. The number of aromatic nitrogens is 2. The van der Waals surface area contributed by atoms with Crippen molar-refractivity contribution in [2.24, 2.45) is 0 Å². The normalized spacial score (nSPS) is 31.5. The van der Waals surface area contributed by atoms with Gasteiger partial charge in [0.1, 0.15) is 18.9 Å². The van der Waals surface area contributed by atoms with E-state index < -0.39 is 53.2 Å². The summed E-state index contributed by atoms with van der Waals surface area (Å²) in [6.45, 7) is 0.217. The molecule has 1 saturated heterocycles. The van der Waals surface area contributed by atoms with Crippen molar-refractivity contribution in [3.63, 3.8) is 0 Å². The van der Waals surface area contributed by atoms with E-state index in [4.69, 9.17) is 16.3 Å². The Bertz CT molecular complexity index is 768. The monoisotopic (exact) mass is 350 g/mol. The van der Waals surface area contributed by atoms with Crippen LogP contribution in [0.4, 0.5) is 8.78 Å². The summed E-state index contributed by atoms with van der Waals surface area (Å²) in [5, 5.41) is 19.9. The topological polar surface area (TPSA) is 105 Å². The van der Waals surface area contributed by atoms with Crippen molar-refractivity contribution >= 4 is 11.6 Å². The molecule has 0 aromatic carbocycles. The summed E-state index contributed by atoms with van der Waals surface area (Å²) >= 11 is 6.20. The Hall–Kier alpha value is -1.73. The first-order valence-corrected chi connectivity index (χ1v) is 6.87. The molecule has 1 aliphatic heterocycles. The van der Waals surface area contributed by atoms with Crippen LogP contribution in [0.3, 0.4) is 0 Å². The summed E-state index contributed by atoms with van der Waals surface area (Å²) in [6, 6.07) is 0. The van der Waals surface area contributed by atoms with Crippen LogP contribution in [0.25, 0.3) is 0 Å². The van der Waals surface area contributed by atoms with E-state index in [1.165, 1.54) is 6.92 Å². The van der Waals surface area contributed by atoms with Crippen molar-refractivity contribution in [1.29, 1.82) is 0 Å². The number of nitrogens with one attached hydrogen (secondary N) is 1. The average molecular weight is 351 g/mol. The van der Waals surface area contributed by atoms with Crippen molar-refractivity contribution in [3.8, 4) is 11.8 Å². The van der Waals surface area contributed by atoms with Gasteiger partial charge in [0.2, 0.25) is 5.82 Å². The lowest BCUT2D eigenvalue weighted by atomic mass is 9.96. The fourth-order valence-corrected chi connectivity index (χ4v) is 2.64. The number of rotatable bonds is 2. The van der Waals surface area contributed by atoms with Crippen LogP contribution < -0.4 is 11.2 Å². The molecule has 1 aromatic heterocycles. The lowest BCUT2D eigenvalue weighted by Gasteiger charge is -2.25. The Labute approximate surface area is 133 Å². The molecule has 3 N–H and O–H groups in total. The molecule has 0 saturated carbocycles. The van der Waals surface area contributed by atoms with Crippen LogP contribution in [0.15, 0.2) is 15.8 Å². The van der Waals surface area contributed by atoms with E-state index in [0.717, 1.165) is 0 Å². The summed E-state index contributed by atoms with van der Waals surface area (Å²) in [6.07, 6.45) is -5.08. The quantitative estimate of drug-likeness (QED) is 0.481. The van der Waals surface area contributed by atoms with Crippen LogP contribution in [0.1, 0.15) is 13.2 Å². The number of aliphatic hydroxyl groups is 2. The number of hydrogen-bond acceptors (Lipinski definition) is 5. The number of halogens is 3. The van der Waals surface area contributed by atoms with Crippen LogP contribution in [0, 0.1) is 17.7 Å². The zero-order valence-corrected chi connectivity index (χ0v) is 12.6. The van der Waals surface area contributed by atoms with Crippen molar-refractivity contribution in [3.05, 3.63) is 32.9 Å². The molecule has 10 heteroatoms. The molecule has 23 heavy (non-hydrogen) atoms. The highest BCUT2D eigenvalue weighted by Crippen LogP contribution is 2.43. The van der Waals surface area contributed by atoms with Crippen LogP contribution >= 0.6 is 11.6 Å². The number of hydrogen-bond donors (Lipinski definition) is 3. The van der Waals surface area contributed by atoms with E-state index in [1.807, 2.05) is 5.92 Å². The molecule has 2 rings (SSSR count). The maximum absolute atomic E-state index is 13.5. The third-order valence-electron chi connectivity index (χ3n) is 3.39. The first-order valence-electron chi connectivity index (χ1n) is 6.49. The fraction of sp³-hybridized carbons (Fsp3) is 0.538. The van der Waals surface area contributed by atoms with Gasteiger partial charge in [-0.2, -0.15) is 4.39 Å². The molecule has 2 heterocycles. The first-order chi connectivity index (χ1) is 10.7. The second-order valence-corrected chi connectivity index (χ2v) is 5.61. The number of alkyl halides is 2. The van der Waals surface area contributed by atoms with Gasteiger partial charge in [-0.1, -0.05) is 23.4 Å². The van der Waals surface area contributed by atoms with E-state index >= 15 is 0 Å². The first kappa shape index (κ1) is 17.6. The molecular formula is C13H13ClF2N2O5. The molecule has 0 spiro atoms. The Morgan fingerprint density at radius 3 is 2.83 bits per heavy atom. The maximum Gasteiger partial charge on any atom is 0.330 e. The van der Waals surface area contributed by atoms with Gasteiger partial charge in [0, 0.05) is 0 Å². The Morgan fingerprint density at radius 2 is 2.26 bits per heavy atom. The molecule has 5 atom stereocenters. The highest BCUT2D eigenvalue weighted by atomic mass is 35.5. The summed E-state index contributed by atoms with van der Waals surface area (Å²) in [5.74, 6) is 2.96. The number of nitrogens with zero attached hydrogens (tertiary/aromatic N) is 1.